The first kappa shape index (κ1) is 13.7. The van der Waals surface area contributed by atoms with Gasteiger partial charge in [0.1, 0.15) is 0 Å². The molecule has 0 fully saturated rings. The maximum absolute atomic E-state index is 12.5. The molecule has 0 saturated carbocycles. The minimum atomic E-state index is -4.84. The Morgan fingerprint density at radius 3 is 1.95 bits per heavy atom. The van der Waals surface area contributed by atoms with Gasteiger partial charge in [-0.3, -0.25) is 4.79 Å². The highest BCUT2D eigenvalue weighted by Crippen LogP contribution is 2.24. The Morgan fingerprint density at radius 2 is 1.52 bits per heavy atom. The van der Waals surface area contributed by atoms with Crippen LogP contribution in [0.4, 0.5) is 13.2 Å². The fraction of sp³-hybridized carbons (Fsp3) is 0.385. The summed E-state index contributed by atoms with van der Waals surface area (Å²) >= 11 is 0. The molecule has 5 nitrogen and oxygen atoms in total. The minimum Gasteiger partial charge on any atom is -0.334 e. The lowest BCUT2D eigenvalue weighted by Crippen LogP contribution is -2.42. The Morgan fingerprint density at radius 1 is 1.05 bits per heavy atom. The van der Waals surface area contributed by atoms with Crippen LogP contribution in [0, 0.1) is 0 Å². The molecular formula is C13H12F3N3O2. The van der Waals surface area contributed by atoms with Gasteiger partial charge in [0.05, 0.1) is 11.0 Å². The number of halogens is 3. The number of carbonyl (C=O) groups is 1. The van der Waals surface area contributed by atoms with Gasteiger partial charge in [0, 0.05) is 13.1 Å². The fourth-order valence-electron chi connectivity index (χ4n) is 2.64. The van der Waals surface area contributed by atoms with Crippen LogP contribution < -0.4 is 5.69 Å². The Bertz CT molecular complexity index is 712. The van der Waals surface area contributed by atoms with E-state index in [1.54, 1.807) is 12.1 Å². The van der Waals surface area contributed by atoms with Crippen LogP contribution >= 0.6 is 0 Å². The summed E-state index contributed by atoms with van der Waals surface area (Å²) in [5.41, 5.74) is 2.63. The van der Waals surface area contributed by atoms with Gasteiger partial charge < -0.3 is 14.9 Å². The van der Waals surface area contributed by atoms with E-state index in [2.05, 4.69) is 9.97 Å². The van der Waals surface area contributed by atoms with Crippen molar-refractivity contribution >= 4 is 16.9 Å². The van der Waals surface area contributed by atoms with E-state index in [0.717, 1.165) is 16.0 Å². The molecule has 0 spiro atoms. The number of carbonyl (C=O) groups excluding carboxylic acids is 1. The van der Waals surface area contributed by atoms with E-state index in [-0.39, 0.29) is 18.8 Å². The Kier molecular flexibility index (Phi) is 3.03. The van der Waals surface area contributed by atoms with E-state index in [4.69, 9.17) is 0 Å². The lowest BCUT2D eigenvalue weighted by molar-refractivity contribution is -0.185. The van der Waals surface area contributed by atoms with Crippen LogP contribution in [0.3, 0.4) is 0 Å². The Labute approximate surface area is 116 Å². The Balaban J connectivity index is 1.89. The summed E-state index contributed by atoms with van der Waals surface area (Å²) in [5.74, 6) is -1.80. The molecule has 0 bridgehead atoms. The number of benzene rings is 1. The largest absolute Gasteiger partial charge is 0.471 e. The van der Waals surface area contributed by atoms with Gasteiger partial charge in [-0.15, -0.1) is 0 Å². The maximum Gasteiger partial charge on any atom is 0.471 e. The lowest BCUT2D eigenvalue weighted by atomic mass is 10.0. The normalized spacial score (nSPS) is 15.9. The van der Waals surface area contributed by atoms with Crippen LogP contribution in [0.2, 0.25) is 0 Å². The number of nitrogens with zero attached hydrogens (tertiary/aromatic N) is 1. The van der Waals surface area contributed by atoms with Crippen LogP contribution in [0.5, 0.6) is 0 Å². The van der Waals surface area contributed by atoms with Gasteiger partial charge >= 0.3 is 17.8 Å². The number of aromatic nitrogens is 2. The van der Waals surface area contributed by atoms with Crippen molar-refractivity contribution in [2.24, 2.45) is 0 Å². The highest BCUT2D eigenvalue weighted by Gasteiger charge is 2.42. The number of H-pyrrole nitrogens is 2. The SMILES string of the molecule is O=C(N1CCc2cc3[nH]c(=O)[nH]c3cc2CC1)C(F)(F)F. The molecule has 1 aliphatic heterocycles. The third kappa shape index (κ3) is 2.53. The molecule has 21 heavy (non-hydrogen) atoms. The third-order valence-corrected chi connectivity index (χ3v) is 3.67. The number of amides is 1. The first-order valence-corrected chi connectivity index (χ1v) is 6.44. The van der Waals surface area contributed by atoms with Gasteiger partial charge in [0.2, 0.25) is 0 Å². The summed E-state index contributed by atoms with van der Waals surface area (Å²) in [6.07, 6.45) is -4.17. The van der Waals surface area contributed by atoms with E-state index in [1.807, 2.05) is 0 Å². The van der Waals surface area contributed by atoms with Crippen molar-refractivity contribution < 1.29 is 18.0 Å². The molecule has 2 heterocycles. The highest BCUT2D eigenvalue weighted by atomic mass is 19.4. The van der Waals surface area contributed by atoms with Crippen LogP contribution in [-0.2, 0) is 17.6 Å². The molecule has 0 unspecified atom stereocenters. The van der Waals surface area contributed by atoms with Gasteiger partial charge in [-0.25, -0.2) is 4.79 Å². The minimum absolute atomic E-state index is 0.0194. The van der Waals surface area contributed by atoms with E-state index in [1.165, 1.54) is 0 Å². The van der Waals surface area contributed by atoms with Gasteiger partial charge in [0.25, 0.3) is 0 Å². The number of hydrogen-bond donors (Lipinski definition) is 2. The molecule has 1 aromatic heterocycles. The number of alkyl halides is 3. The second kappa shape index (κ2) is 4.64. The molecule has 8 heteroatoms. The van der Waals surface area contributed by atoms with Crippen molar-refractivity contribution in [3.05, 3.63) is 33.7 Å². The molecule has 0 radical (unpaired) electrons. The maximum atomic E-state index is 12.5. The van der Waals surface area contributed by atoms with Crippen LogP contribution in [0.1, 0.15) is 11.1 Å². The first-order valence-electron chi connectivity index (χ1n) is 6.44. The van der Waals surface area contributed by atoms with Crippen molar-refractivity contribution in [2.75, 3.05) is 13.1 Å². The average Bonchev–Trinajstić information content (AvgIpc) is 2.62. The molecule has 1 aromatic carbocycles. The van der Waals surface area contributed by atoms with Crippen LogP contribution in [0.15, 0.2) is 16.9 Å². The number of aromatic amines is 2. The van der Waals surface area contributed by atoms with E-state index in [9.17, 15) is 22.8 Å². The summed E-state index contributed by atoms with van der Waals surface area (Å²) in [4.78, 5) is 28.6. The lowest BCUT2D eigenvalue weighted by Gasteiger charge is -2.21. The molecule has 112 valence electrons. The molecule has 1 amide bonds. The molecule has 3 rings (SSSR count). The molecule has 2 aromatic rings. The molecular weight excluding hydrogens is 287 g/mol. The second-order valence-electron chi connectivity index (χ2n) is 5.04. The van der Waals surface area contributed by atoms with Gasteiger partial charge in [-0.05, 0) is 36.1 Å². The molecule has 0 atom stereocenters. The quantitative estimate of drug-likeness (QED) is 0.771. The zero-order chi connectivity index (χ0) is 15.2. The van der Waals surface area contributed by atoms with Gasteiger partial charge in [-0.1, -0.05) is 0 Å². The average molecular weight is 299 g/mol. The smallest absolute Gasteiger partial charge is 0.334 e. The molecule has 0 aliphatic carbocycles. The van der Waals surface area contributed by atoms with E-state index >= 15 is 0 Å². The second-order valence-corrected chi connectivity index (χ2v) is 5.04. The fourth-order valence-corrected chi connectivity index (χ4v) is 2.64. The zero-order valence-corrected chi connectivity index (χ0v) is 10.9. The number of hydrogen-bond acceptors (Lipinski definition) is 2. The molecule has 0 saturated heterocycles. The monoisotopic (exact) mass is 299 g/mol. The summed E-state index contributed by atoms with van der Waals surface area (Å²) in [5, 5.41) is 0. The summed E-state index contributed by atoms with van der Waals surface area (Å²) in [6, 6.07) is 3.51. The van der Waals surface area contributed by atoms with Crippen molar-refractivity contribution in [2.45, 2.75) is 19.0 Å². The number of imidazole rings is 1. The predicted octanol–water partition coefficient (Wildman–Crippen LogP) is 1.35. The zero-order valence-electron chi connectivity index (χ0n) is 10.9. The standard InChI is InChI=1S/C13H12F3N3O2/c14-13(15,16)11(20)19-3-1-7-5-9-10(18-12(21)17-9)6-8(7)2-4-19/h5-6H,1-4H2,(H2,17,18,21). The van der Waals surface area contributed by atoms with Crippen molar-refractivity contribution in [1.29, 1.82) is 0 Å². The summed E-state index contributed by atoms with van der Waals surface area (Å²) in [7, 11) is 0. The number of rotatable bonds is 0. The van der Waals surface area contributed by atoms with Crippen LogP contribution in [0.25, 0.3) is 11.0 Å². The number of nitrogens with one attached hydrogen (secondary N) is 2. The Hall–Kier alpha value is -2.25. The third-order valence-electron chi connectivity index (χ3n) is 3.67. The van der Waals surface area contributed by atoms with Crippen molar-refractivity contribution in [1.82, 2.24) is 14.9 Å². The molecule has 2 N–H and O–H groups in total. The van der Waals surface area contributed by atoms with Crippen molar-refractivity contribution in [3.63, 3.8) is 0 Å². The topological polar surface area (TPSA) is 69.0 Å². The molecule has 1 aliphatic rings. The first-order chi connectivity index (χ1) is 9.84. The number of fused-ring (bicyclic) bond motifs is 2. The van der Waals surface area contributed by atoms with Crippen molar-refractivity contribution in [3.8, 4) is 0 Å². The van der Waals surface area contributed by atoms with E-state index in [0.29, 0.717) is 23.9 Å². The summed E-state index contributed by atoms with van der Waals surface area (Å²) in [6.45, 7) is 0.0387. The summed E-state index contributed by atoms with van der Waals surface area (Å²) < 4.78 is 37.4. The van der Waals surface area contributed by atoms with Gasteiger partial charge in [-0.2, -0.15) is 13.2 Å². The van der Waals surface area contributed by atoms with Crippen LogP contribution in [-0.4, -0.2) is 40.0 Å². The predicted molar refractivity (Wildman–Crippen MR) is 69.0 cm³/mol. The highest BCUT2D eigenvalue weighted by molar-refractivity contribution is 5.82. The van der Waals surface area contributed by atoms with Gasteiger partial charge in [0.15, 0.2) is 0 Å². The van der Waals surface area contributed by atoms with E-state index < -0.39 is 12.1 Å².